The van der Waals surface area contributed by atoms with E-state index in [0.29, 0.717) is 42.3 Å². The van der Waals surface area contributed by atoms with E-state index in [1.54, 1.807) is 4.90 Å². The van der Waals surface area contributed by atoms with Crippen LogP contribution >= 0.6 is 0 Å². The minimum Gasteiger partial charge on any atom is -0.480 e. The van der Waals surface area contributed by atoms with Crippen molar-refractivity contribution in [1.29, 1.82) is 0 Å². The largest absolute Gasteiger partial charge is 0.480 e. The van der Waals surface area contributed by atoms with Gasteiger partial charge < -0.3 is 14.6 Å². The smallest absolute Gasteiger partial charge is 0.326 e. The van der Waals surface area contributed by atoms with Crippen LogP contribution in [0.2, 0.25) is 0 Å². The number of benzene rings is 1. The lowest BCUT2D eigenvalue weighted by molar-refractivity contribution is -0.138. The number of nitrogens with zero attached hydrogens (tertiary/aromatic N) is 4. The van der Waals surface area contributed by atoms with Gasteiger partial charge in [0.15, 0.2) is 5.82 Å². The van der Waals surface area contributed by atoms with Crippen LogP contribution in [0.25, 0.3) is 11.0 Å². The van der Waals surface area contributed by atoms with Gasteiger partial charge in [-0.05, 0) is 106 Å². The van der Waals surface area contributed by atoms with Crippen LogP contribution < -0.4 is 10.5 Å². The molecule has 1 aromatic carbocycles. The molecular formula is C32H42N4O3. The predicted molar refractivity (Wildman–Crippen MR) is 151 cm³/mol. The second kappa shape index (κ2) is 8.79. The van der Waals surface area contributed by atoms with Gasteiger partial charge in [0.05, 0.1) is 11.0 Å². The molecule has 2 unspecified atom stereocenters. The Bertz CT molecular complexity index is 1360. The third-order valence-corrected chi connectivity index (χ3v) is 12.3. The molecule has 3 aliphatic heterocycles. The highest BCUT2D eigenvalue weighted by Crippen LogP contribution is 2.67. The Balaban J connectivity index is 1.14. The van der Waals surface area contributed by atoms with Gasteiger partial charge in [0.1, 0.15) is 6.04 Å². The Hall–Kier alpha value is -2.41. The number of rotatable bonds is 4. The topological polar surface area (TPSA) is 78.7 Å². The number of piperidine rings is 2. The Kier molecular flexibility index (Phi) is 5.50. The van der Waals surface area contributed by atoms with E-state index in [1.165, 1.54) is 51.4 Å². The molecule has 8 rings (SSSR count). The number of para-hydroxylation sites is 2. The molecule has 3 saturated carbocycles. The predicted octanol–water partition coefficient (Wildman–Crippen LogP) is 5.22. The molecule has 1 N–H and O–H groups in total. The van der Waals surface area contributed by atoms with E-state index >= 15 is 0 Å². The van der Waals surface area contributed by atoms with Gasteiger partial charge in [-0.15, -0.1) is 0 Å². The monoisotopic (exact) mass is 530 g/mol. The molecule has 7 nitrogen and oxygen atoms in total. The van der Waals surface area contributed by atoms with Crippen molar-refractivity contribution in [1.82, 2.24) is 14.5 Å². The van der Waals surface area contributed by atoms with Gasteiger partial charge in [-0.25, -0.2) is 9.78 Å². The standard InChI is InChI=1S/C32H42N4O3/c1-32-18-19-12-20(32)14-21(32)15-24(13-19)35-22-6-4-7-23(35)17-25(16-22)36-27-9-3-2-8-26(27)33-29(30(36)37)34-11-5-10-28(34)31(38)39/h2-3,8-9,19-25,28H,4-7,10-18H2,1H3,(H,38,39)/t19-,20+,21+,22-,23+,24-,25?,28+,32?/m1/s1. The van der Waals surface area contributed by atoms with E-state index in [4.69, 9.17) is 4.98 Å². The Labute approximate surface area is 230 Å². The van der Waals surface area contributed by atoms with E-state index < -0.39 is 12.0 Å². The third kappa shape index (κ3) is 3.60. The summed E-state index contributed by atoms with van der Waals surface area (Å²) in [7, 11) is 0. The summed E-state index contributed by atoms with van der Waals surface area (Å²) in [4.78, 5) is 35.7. The molecular weight excluding hydrogens is 488 g/mol. The first-order valence-corrected chi connectivity index (χ1v) is 15.7. The Morgan fingerprint density at radius 3 is 2.49 bits per heavy atom. The van der Waals surface area contributed by atoms with Crippen LogP contribution in [-0.2, 0) is 4.79 Å². The molecule has 4 bridgehead atoms. The molecule has 4 heterocycles. The van der Waals surface area contributed by atoms with Crippen LogP contribution in [0, 0.1) is 23.2 Å². The fourth-order valence-corrected chi connectivity index (χ4v) is 10.6. The number of aliphatic carboxylic acids is 1. The Morgan fingerprint density at radius 2 is 1.69 bits per heavy atom. The second-order valence-corrected chi connectivity index (χ2v) is 14.2. The number of aromatic nitrogens is 2. The molecule has 0 spiro atoms. The summed E-state index contributed by atoms with van der Waals surface area (Å²) >= 11 is 0. The Morgan fingerprint density at radius 1 is 0.923 bits per heavy atom. The molecule has 6 aliphatic rings. The van der Waals surface area contributed by atoms with Crippen molar-refractivity contribution in [3.63, 3.8) is 0 Å². The van der Waals surface area contributed by atoms with Crippen molar-refractivity contribution < 1.29 is 9.90 Å². The van der Waals surface area contributed by atoms with Crippen molar-refractivity contribution in [2.75, 3.05) is 11.4 Å². The molecule has 0 radical (unpaired) electrons. The average molecular weight is 531 g/mol. The number of anilines is 1. The zero-order chi connectivity index (χ0) is 26.5. The molecule has 208 valence electrons. The maximum absolute atomic E-state index is 14.2. The molecule has 7 heteroatoms. The number of fused-ring (bicyclic) bond motifs is 4. The summed E-state index contributed by atoms with van der Waals surface area (Å²) in [5, 5.41) is 9.84. The first-order chi connectivity index (χ1) is 18.9. The van der Waals surface area contributed by atoms with E-state index in [1.807, 2.05) is 28.8 Å². The normalized spacial score (nSPS) is 41.4. The molecule has 3 aliphatic carbocycles. The van der Waals surface area contributed by atoms with Crippen molar-refractivity contribution in [2.24, 2.45) is 23.2 Å². The lowest BCUT2D eigenvalue weighted by Crippen LogP contribution is -2.58. The summed E-state index contributed by atoms with van der Waals surface area (Å²) in [6, 6.07) is 9.22. The van der Waals surface area contributed by atoms with E-state index in [0.717, 1.165) is 48.0 Å². The number of carboxylic acids is 1. The molecule has 3 saturated heterocycles. The van der Waals surface area contributed by atoms with Gasteiger partial charge in [0.25, 0.3) is 5.56 Å². The van der Waals surface area contributed by atoms with E-state index in [9.17, 15) is 14.7 Å². The molecule has 1 aromatic heterocycles. The highest BCUT2D eigenvalue weighted by Gasteiger charge is 2.60. The number of hydrogen-bond acceptors (Lipinski definition) is 5. The van der Waals surface area contributed by atoms with Gasteiger partial charge >= 0.3 is 5.97 Å². The highest BCUT2D eigenvalue weighted by molar-refractivity contribution is 5.80. The molecule has 39 heavy (non-hydrogen) atoms. The maximum Gasteiger partial charge on any atom is 0.326 e. The van der Waals surface area contributed by atoms with Gasteiger partial charge in [-0.2, -0.15) is 0 Å². The molecule has 9 atom stereocenters. The first kappa shape index (κ1) is 24.4. The van der Waals surface area contributed by atoms with Crippen LogP contribution in [0.15, 0.2) is 29.1 Å². The zero-order valence-corrected chi connectivity index (χ0v) is 23.2. The van der Waals surface area contributed by atoms with Crippen LogP contribution in [0.3, 0.4) is 0 Å². The lowest BCUT2D eigenvalue weighted by atomic mass is 9.54. The van der Waals surface area contributed by atoms with E-state index in [-0.39, 0.29) is 11.6 Å². The van der Waals surface area contributed by atoms with Crippen molar-refractivity contribution in [3.8, 4) is 0 Å². The summed E-state index contributed by atoms with van der Waals surface area (Å²) in [6.07, 6.45) is 14.3. The van der Waals surface area contributed by atoms with Crippen LogP contribution in [0.1, 0.15) is 90.0 Å². The highest BCUT2D eigenvalue weighted by atomic mass is 16.4. The number of hydrogen-bond donors (Lipinski definition) is 1. The average Bonchev–Trinajstić information content (AvgIpc) is 3.45. The van der Waals surface area contributed by atoms with Gasteiger partial charge in [-0.3, -0.25) is 9.69 Å². The van der Waals surface area contributed by atoms with Crippen LogP contribution in [0.4, 0.5) is 5.82 Å². The summed E-state index contributed by atoms with van der Waals surface area (Å²) in [5.74, 6) is 2.29. The quantitative estimate of drug-likeness (QED) is 0.584. The fraction of sp³-hybridized carbons (Fsp3) is 0.719. The minimum absolute atomic E-state index is 0.0985. The molecule has 0 amide bonds. The van der Waals surface area contributed by atoms with Crippen molar-refractivity contribution in [3.05, 3.63) is 34.6 Å². The maximum atomic E-state index is 14.2. The van der Waals surface area contributed by atoms with E-state index in [2.05, 4.69) is 11.8 Å². The first-order valence-electron chi connectivity index (χ1n) is 15.7. The zero-order valence-electron chi connectivity index (χ0n) is 23.2. The van der Waals surface area contributed by atoms with Crippen LogP contribution in [0.5, 0.6) is 0 Å². The minimum atomic E-state index is -0.861. The lowest BCUT2D eigenvalue weighted by Gasteiger charge is -2.56. The molecule has 2 aromatic rings. The summed E-state index contributed by atoms with van der Waals surface area (Å²) in [5.41, 5.74) is 2.21. The SMILES string of the molecule is CC12C[C@H]3C[C@@H](N4[C@@H]5CCC[C@H]4CC(n4c(=O)c(N6CCC[C@H]6C(=O)O)nc6ccccc64)C5)C[C@@H]1C[C@@H]2C3. The summed E-state index contributed by atoms with van der Waals surface area (Å²) in [6.45, 7) is 3.17. The number of carboxylic acid groups (broad SMARTS) is 1. The van der Waals surface area contributed by atoms with Crippen molar-refractivity contribution >= 4 is 22.8 Å². The third-order valence-electron chi connectivity index (χ3n) is 12.3. The van der Waals surface area contributed by atoms with Gasteiger partial charge in [0.2, 0.25) is 0 Å². The summed E-state index contributed by atoms with van der Waals surface area (Å²) < 4.78 is 2.03. The van der Waals surface area contributed by atoms with Gasteiger partial charge in [-0.1, -0.05) is 25.5 Å². The second-order valence-electron chi connectivity index (χ2n) is 14.2. The number of carbonyl (C=O) groups is 1. The van der Waals surface area contributed by atoms with Crippen molar-refractivity contribution in [2.45, 2.75) is 114 Å². The van der Waals surface area contributed by atoms with Gasteiger partial charge in [0, 0.05) is 30.7 Å². The fourth-order valence-electron chi connectivity index (χ4n) is 10.6. The van der Waals surface area contributed by atoms with Crippen LogP contribution in [-0.4, -0.2) is 56.2 Å². The molecule has 6 fully saturated rings.